The summed E-state index contributed by atoms with van der Waals surface area (Å²) in [6, 6.07) is 4.65. The van der Waals surface area contributed by atoms with Crippen molar-refractivity contribution in [1.29, 1.82) is 5.26 Å². The molecule has 0 atom stereocenters. The van der Waals surface area contributed by atoms with Gasteiger partial charge in [0, 0.05) is 10.5 Å². The van der Waals surface area contributed by atoms with E-state index in [-0.39, 0.29) is 21.6 Å². The maximum Gasteiger partial charge on any atom is 0.340 e. The van der Waals surface area contributed by atoms with Gasteiger partial charge in [-0.25, -0.2) is 4.79 Å². The average molecular weight is 221 g/mol. The Morgan fingerprint density at radius 3 is 2.73 bits per heavy atom. The van der Waals surface area contributed by atoms with Crippen molar-refractivity contribution in [1.82, 2.24) is 0 Å². The molecule has 5 heteroatoms. The number of benzene rings is 1. The summed E-state index contributed by atoms with van der Waals surface area (Å²) in [6.45, 7) is 0. The molecule has 15 heavy (non-hydrogen) atoms. The van der Waals surface area contributed by atoms with Crippen LogP contribution in [0.1, 0.15) is 26.3 Å². The summed E-state index contributed by atoms with van der Waals surface area (Å²) < 4.78 is 4.50. The molecule has 0 bridgehead atoms. The van der Waals surface area contributed by atoms with Gasteiger partial charge in [0.15, 0.2) is 6.29 Å². The van der Waals surface area contributed by atoms with E-state index in [1.807, 2.05) is 6.07 Å². The van der Waals surface area contributed by atoms with Crippen LogP contribution in [-0.2, 0) is 4.74 Å². The number of thiol groups is 1. The van der Waals surface area contributed by atoms with Crippen LogP contribution >= 0.6 is 12.6 Å². The zero-order valence-electron chi connectivity index (χ0n) is 7.85. The molecular formula is C10H7NO3S. The van der Waals surface area contributed by atoms with Gasteiger partial charge in [0.2, 0.25) is 0 Å². The van der Waals surface area contributed by atoms with Crippen LogP contribution in [-0.4, -0.2) is 19.4 Å². The molecule has 0 aliphatic heterocycles. The molecule has 0 aliphatic rings. The SMILES string of the molecule is COC(=O)c1c(C#N)ccc(C=O)c1S. The normalized spacial score (nSPS) is 9.13. The van der Waals surface area contributed by atoms with Crippen LogP contribution in [0.4, 0.5) is 0 Å². The molecule has 0 saturated heterocycles. The van der Waals surface area contributed by atoms with Crippen LogP contribution in [0.15, 0.2) is 17.0 Å². The van der Waals surface area contributed by atoms with Crippen LogP contribution in [0.2, 0.25) is 0 Å². The van der Waals surface area contributed by atoms with Gasteiger partial charge in [-0.2, -0.15) is 5.26 Å². The molecule has 0 saturated carbocycles. The van der Waals surface area contributed by atoms with Crippen LogP contribution in [0.5, 0.6) is 0 Å². The summed E-state index contributed by atoms with van der Waals surface area (Å²) in [5, 5.41) is 8.77. The molecule has 0 radical (unpaired) electrons. The molecule has 0 unspecified atom stereocenters. The lowest BCUT2D eigenvalue weighted by atomic mass is 10.1. The largest absolute Gasteiger partial charge is 0.465 e. The van der Waals surface area contributed by atoms with E-state index in [0.29, 0.717) is 6.29 Å². The Kier molecular flexibility index (Phi) is 3.47. The van der Waals surface area contributed by atoms with Crippen molar-refractivity contribution < 1.29 is 14.3 Å². The molecule has 0 aromatic heterocycles. The van der Waals surface area contributed by atoms with Gasteiger partial charge in [-0.1, -0.05) is 0 Å². The Bertz CT molecular complexity index is 462. The fourth-order valence-electron chi connectivity index (χ4n) is 1.10. The van der Waals surface area contributed by atoms with E-state index in [0.717, 1.165) is 0 Å². The molecule has 0 aliphatic carbocycles. The zero-order chi connectivity index (χ0) is 11.4. The highest BCUT2D eigenvalue weighted by atomic mass is 32.1. The van der Waals surface area contributed by atoms with Crippen LogP contribution in [0.3, 0.4) is 0 Å². The van der Waals surface area contributed by atoms with E-state index >= 15 is 0 Å². The number of carbonyl (C=O) groups is 2. The number of nitriles is 1. The first-order chi connectivity index (χ1) is 7.15. The number of aldehydes is 1. The second-order valence-corrected chi connectivity index (χ2v) is 3.09. The number of esters is 1. The Morgan fingerprint density at radius 1 is 1.60 bits per heavy atom. The maximum absolute atomic E-state index is 11.3. The fraction of sp³-hybridized carbons (Fsp3) is 0.100. The van der Waals surface area contributed by atoms with Crippen LogP contribution in [0, 0.1) is 11.3 Å². The van der Waals surface area contributed by atoms with Crippen LogP contribution in [0.25, 0.3) is 0 Å². The van der Waals surface area contributed by atoms with Crippen molar-refractivity contribution in [2.24, 2.45) is 0 Å². The van der Waals surface area contributed by atoms with E-state index in [1.165, 1.54) is 19.2 Å². The van der Waals surface area contributed by atoms with Gasteiger partial charge in [0.25, 0.3) is 0 Å². The standard InChI is InChI=1S/C10H7NO3S/c1-14-10(13)8-6(4-11)2-3-7(5-12)9(8)15/h2-3,5,15H,1H3. The Balaban J connectivity index is 3.51. The predicted molar refractivity (Wildman–Crippen MR) is 55.1 cm³/mol. The number of rotatable bonds is 2. The van der Waals surface area contributed by atoms with Gasteiger partial charge < -0.3 is 4.74 Å². The molecule has 0 amide bonds. The fourth-order valence-corrected chi connectivity index (χ4v) is 1.44. The first-order valence-electron chi connectivity index (χ1n) is 3.95. The molecule has 1 rings (SSSR count). The summed E-state index contributed by atoms with van der Waals surface area (Å²) in [4.78, 5) is 22.1. The molecule has 0 fully saturated rings. The summed E-state index contributed by atoms with van der Waals surface area (Å²) in [7, 11) is 1.20. The minimum atomic E-state index is -0.680. The molecule has 4 nitrogen and oxygen atoms in total. The third kappa shape index (κ3) is 2.00. The van der Waals surface area contributed by atoms with Gasteiger partial charge in [-0.05, 0) is 12.1 Å². The predicted octanol–water partition coefficient (Wildman–Crippen LogP) is 1.45. The average Bonchev–Trinajstić information content (AvgIpc) is 2.27. The maximum atomic E-state index is 11.3. The molecule has 1 aromatic rings. The van der Waals surface area contributed by atoms with Crippen molar-refractivity contribution in [3.63, 3.8) is 0 Å². The Hall–Kier alpha value is -1.80. The second-order valence-electron chi connectivity index (χ2n) is 2.65. The lowest BCUT2D eigenvalue weighted by molar-refractivity contribution is 0.0596. The topological polar surface area (TPSA) is 67.2 Å². The van der Waals surface area contributed by atoms with Crippen molar-refractivity contribution in [3.8, 4) is 6.07 Å². The summed E-state index contributed by atoms with van der Waals surface area (Å²) >= 11 is 4.03. The third-order valence-corrected chi connectivity index (χ3v) is 2.33. The van der Waals surface area contributed by atoms with Crippen LogP contribution < -0.4 is 0 Å². The molecule has 0 spiro atoms. The molecule has 0 N–H and O–H groups in total. The first-order valence-corrected chi connectivity index (χ1v) is 4.40. The highest BCUT2D eigenvalue weighted by molar-refractivity contribution is 7.80. The van der Waals surface area contributed by atoms with E-state index in [2.05, 4.69) is 17.4 Å². The highest BCUT2D eigenvalue weighted by Gasteiger charge is 2.17. The zero-order valence-corrected chi connectivity index (χ0v) is 8.75. The van der Waals surface area contributed by atoms with Gasteiger partial charge >= 0.3 is 5.97 Å². The summed E-state index contributed by atoms with van der Waals surface area (Å²) in [5.74, 6) is -0.680. The van der Waals surface area contributed by atoms with E-state index in [1.54, 1.807) is 0 Å². The Morgan fingerprint density at radius 2 is 2.27 bits per heavy atom. The summed E-state index contributed by atoms with van der Waals surface area (Å²) in [5.41, 5.74) is 0.406. The van der Waals surface area contributed by atoms with Gasteiger partial charge in [0.05, 0.1) is 18.2 Å². The third-order valence-electron chi connectivity index (χ3n) is 1.85. The van der Waals surface area contributed by atoms with Crippen molar-refractivity contribution in [3.05, 3.63) is 28.8 Å². The quantitative estimate of drug-likeness (QED) is 0.466. The van der Waals surface area contributed by atoms with Crippen molar-refractivity contribution in [2.75, 3.05) is 7.11 Å². The van der Waals surface area contributed by atoms with E-state index in [9.17, 15) is 9.59 Å². The first kappa shape index (κ1) is 11.3. The van der Waals surface area contributed by atoms with Gasteiger partial charge in [-0.3, -0.25) is 4.79 Å². The number of carbonyl (C=O) groups excluding carboxylic acids is 2. The number of hydrogen-bond acceptors (Lipinski definition) is 5. The smallest absolute Gasteiger partial charge is 0.340 e. The summed E-state index contributed by atoms with van der Waals surface area (Å²) in [6.07, 6.45) is 0.565. The number of methoxy groups -OCH3 is 1. The number of nitrogens with zero attached hydrogens (tertiary/aromatic N) is 1. The van der Waals surface area contributed by atoms with E-state index < -0.39 is 5.97 Å². The van der Waals surface area contributed by atoms with Gasteiger partial charge in [-0.15, -0.1) is 12.6 Å². The molecule has 1 aromatic carbocycles. The monoisotopic (exact) mass is 221 g/mol. The van der Waals surface area contributed by atoms with Crippen molar-refractivity contribution >= 4 is 24.9 Å². The minimum Gasteiger partial charge on any atom is -0.465 e. The van der Waals surface area contributed by atoms with E-state index in [4.69, 9.17) is 5.26 Å². The van der Waals surface area contributed by atoms with Crippen molar-refractivity contribution in [2.45, 2.75) is 4.90 Å². The molecule has 76 valence electrons. The molecular weight excluding hydrogens is 214 g/mol. The lowest BCUT2D eigenvalue weighted by Crippen LogP contribution is -2.07. The number of hydrogen-bond donors (Lipinski definition) is 1. The minimum absolute atomic E-state index is 0.0212. The lowest BCUT2D eigenvalue weighted by Gasteiger charge is -2.06. The molecule has 0 heterocycles. The number of ether oxygens (including phenoxy) is 1. The second kappa shape index (κ2) is 4.62. The van der Waals surface area contributed by atoms with Gasteiger partial charge in [0.1, 0.15) is 6.07 Å². The highest BCUT2D eigenvalue weighted by Crippen LogP contribution is 2.22. The Labute approximate surface area is 91.9 Å².